The number of furan rings is 1. The fourth-order valence-corrected chi connectivity index (χ4v) is 3.25. The number of aromatic nitrogens is 3. The number of hydrogen-bond acceptors (Lipinski definition) is 7. The quantitative estimate of drug-likeness (QED) is 0.238. The van der Waals surface area contributed by atoms with Gasteiger partial charge in [-0.2, -0.15) is 9.78 Å². The van der Waals surface area contributed by atoms with Crippen molar-refractivity contribution < 1.29 is 46.9 Å². The minimum atomic E-state index is -4.69. The minimum Gasteiger partial charge on any atom is -0.742 e. The normalized spacial score (nSPS) is 12.1. The molecule has 0 saturated heterocycles. The second kappa shape index (κ2) is 7.34. The molecule has 0 bridgehead atoms. The summed E-state index contributed by atoms with van der Waals surface area (Å²) in [7, 11) is -4.69. The molecule has 3 aromatic heterocycles. The second-order valence-corrected chi connectivity index (χ2v) is 7.51. The number of halogens is 1. The van der Waals surface area contributed by atoms with Crippen LogP contribution in [0.4, 0.5) is 0 Å². The van der Waals surface area contributed by atoms with Gasteiger partial charge in [-0.3, -0.25) is 4.79 Å². The molecule has 0 radical (unpaired) electrons. The number of hydrogen-bond donors (Lipinski definition) is 1. The summed E-state index contributed by atoms with van der Waals surface area (Å²) in [5, 5.41) is 3.98. The van der Waals surface area contributed by atoms with Gasteiger partial charge in [0.2, 0.25) is 5.09 Å². The summed E-state index contributed by atoms with van der Waals surface area (Å²) in [6, 6.07) is 7.78. The van der Waals surface area contributed by atoms with E-state index in [-0.39, 0.29) is 40.8 Å². The monoisotopic (exact) mass is 458 g/mol. The summed E-state index contributed by atoms with van der Waals surface area (Å²) >= 11 is 3.38. The van der Waals surface area contributed by atoms with Crippen molar-refractivity contribution in [1.82, 2.24) is 14.6 Å². The fraction of sp³-hybridized carbons (Fsp3) is 0. The zero-order valence-electron chi connectivity index (χ0n) is 13.7. The molecular weight excluding hydrogens is 451 g/mol. The molecule has 9 nitrogen and oxygen atoms in total. The Morgan fingerprint density at radius 3 is 2.78 bits per heavy atom. The number of fused-ring (bicyclic) bond motifs is 3. The summed E-state index contributed by atoms with van der Waals surface area (Å²) in [6.45, 7) is 0. The van der Waals surface area contributed by atoms with Crippen LogP contribution in [0.25, 0.3) is 21.9 Å². The third-order valence-electron chi connectivity index (χ3n) is 3.61. The molecule has 132 valence electrons. The zero-order valence-corrected chi connectivity index (χ0v) is 18.1. The van der Waals surface area contributed by atoms with Crippen LogP contribution in [0.1, 0.15) is 5.76 Å². The Balaban J connectivity index is 0.00000210. The van der Waals surface area contributed by atoms with Crippen LogP contribution in [0.3, 0.4) is 0 Å². The molecule has 0 spiro atoms. The van der Waals surface area contributed by atoms with Crippen molar-refractivity contribution in [2.75, 3.05) is 0 Å². The molecule has 27 heavy (non-hydrogen) atoms. The van der Waals surface area contributed by atoms with Crippen LogP contribution in [0.15, 0.2) is 60.5 Å². The molecule has 0 unspecified atom stereocenters. The number of nitrogens with zero attached hydrogens (tertiary/aromatic N) is 3. The molecule has 0 amide bonds. The molecule has 4 aromatic rings. The van der Waals surface area contributed by atoms with Crippen LogP contribution < -0.4 is 35.1 Å². The summed E-state index contributed by atoms with van der Waals surface area (Å²) in [5.41, 5.74) is 1.10. The van der Waals surface area contributed by atoms with E-state index in [0.717, 1.165) is 32.3 Å². The Labute approximate surface area is 182 Å². The van der Waals surface area contributed by atoms with E-state index < -0.39 is 20.8 Å². The van der Waals surface area contributed by atoms with Gasteiger partial charge in [-0.05, 0) is 30.3 Å². The van der Waals surface area contributed by atoms with Crippen LogP contribution in [-0.2, 0) is 10.1 Å². The first-order valence-corrected chi connectivity index (χ1v) is 9.32. The van der Waals surface area contributed by atoms with Crippen LogP contribution >= 0.6 is 15.9 Å². The Hall–Kier alpha value is -1.76. The van der Waals surface area contributed by atoms with Gasteiger partial charge in [0.25, 0.3) is 5.56 Å². The maximum absolute atomic E-state index is 12.6. The molecule has 4 rings (SSSR count). The summed E-state index contributed by atoms with van der Waals surface area (Å²) < 4.78 is 39.3. The van der Waals surface area contributed by atoms with Gasteiger partial charge in [-0.25, -0.2) is 13.4 Å². The second-order valence-electron chi connectivity index (χ2n) is 5.29. The third kappa shape index (κ3) is 3.79. The Kier molecular flexibility index (Phi) is 5.43. The topological polar surface area (TPSA) is 133 Å². The van der Waals surface area contributed by atoms with Crippen LogP contribution in [0.5, 0.6) is 0 Å². The molecule has 12 heteroatoms. The first kappa shape index (κ1) is 20.0. The van der Waals surface area contributed by atoms with E-state index in [1.54, 1.807) is 0 Å². The van der Waals surface area contributed by atoms with Gasteiger partial charge in [0, 0.05) is 15.4 Å². The van der Waals surface area contributed by atoms with Gasteiger partial charge < -0.3 is 14.0 Å². The molecule has 1 N–H and O–H groups in total. The van der Waals surface area contributed by atoms with Crippen LogP contribution in [0, 0.1) is 0 Å². The first-order valence-electron chi connectivity index (χ1n) is 7.11. The summed E-state index contributed by atoms with van der Waals surface area (Å²) in [5.74, 6) is 0.00648. The van der Waals surface area contributed by atoms with Crippen molar-refractivity contribution in [2.24, 2.45) is 5.10 Å². The largest absolute Gasteiger partial charge is 1.00 e. The van der Waals surface area contributed by atoms with Crippen molar-refractivity contribution in [2.45, 2.75) is 5.09 Å². The molecule has 0 aliphatic rings. The van der Waals surface area contributed by atoms with E-state index in [0.29, 0.717) is 5.52 Å². The molecule has 0 atom stereocenters. The van der Waals surface area contributed by atoms with Crippen LogP contribution in [0.2, 0.25) is 0 Å². The van der Waals surface area contributed by atoms with E-state index in [4.69, 9.17) is 4.42 Å². The van der Waals surface area contributed by atoms with E-state index >= 15 is 0 Å². The van der Waals surface area contributed by atoms with Crippen LogP contribution in [-0.4, -0.2) is 33.8 Å². The molecule has 1 aromatic carbocycles. The SMILES string of the molecule is O=c1c2[nH]c3ccc(Br)cc3c2ncn1/N=C/c1ccc(S(=O)(=O)[O-])o1.[Na+]. The predicted octanol–water partition coefficient (Wildman–Crippen LogP) is -0.976. The first-order chi connectivity index (χ1) is 12.3. The molecule has 0 aliphatic carbocycles. The standard InChI is InChI=1S/C15H9BrN4O5S.Na/c16-8-1-3-11-10(5-8)13-14(19-11)15(21)20(7-17-13)18-6-9-2-4-12(25-9)26(22,23)24;/h1-7,19H,(H,22,23,24);/q;+1/p-1/b18-6+;. The third-order valence-corrected chi connectivity index (χ3v) is 4.81. The Morgan fingerprint density at radius 1 is 1.30 bits per heavy atom. The predicted molar refractivity (Wildman–Crippen MR) is 95.2 cm³/mol. The van der Waals surface area contributed by atoms with Gasteiger partial charge in [-0.1, -0.05) is 15.9 Å². The number of H-pyrrole nitrogens is 1. The van der Waals surface area contributed by atoms with E-state index in [1.165, 1.54) is 12.4 Å². The van der Waals surface area contributed by atoms with E-state index in [2.05, 4.69) is 31.0 Å². The number of nitrogens with one attached hydrogen (secondary N) is 1. The summed E-state index contributed by atoms with van der Waals surface area (Å²) in [6.07, 6.45) is 2.35. The number of rotatable bonds is 3. The summed E-state index contributed by atoms with van der Waals surface area (Å²) in [4.78, 5) is 19.8. The maximum Gasteiger partial charge on any atom is 1.00 e. The van der Waals surface area contributed by atoms with E-state index in [9.17, 15) is 17.8 Å². The Bertz CT molecular complexity index is 1360. The Morgan fingerprint density at radius 2 is 2.07 bits per heavy atom. The van der Waals surface area contributed by atoms with Crippen molar-refractivity contribution in [3.8, 4) is 0 Å². The zero-order chi connectivity index (χ0) is 18.5. The molecule has 0 saturated carbocycles. The smallest absolute Gasteiger partial charge is 0.742 e. The average molecular weight is 459 g/mol. The fourth-order valence-electron chi connectivity index (χ4n) is 2.46. The minimum absolute atomic E-state index is 0. The van der Waals surface area contributed by atoms with Gasteiger partial charge in [-0.15, -0.1) is 0 Å². The van der Waals surface area contributed by atoms with Gasteiger partial charge in [0.15, 0.2) is 10.1 Å². The van der Waals surface area contributed by atoms with Gasteiger partial charge in [0.05, 0.1) is 6.21 Å². The van der Waals surface area contributed by atoms with Gasteiger partial charge >= 0.3 is 29.6 Å². The van der Waals surface area contributed by atoms with Crippen molar-refractivity contribution in [3.05, 3.63) is 57.2 Å². The number of aromatic amines is 1. The van der Waals surface area contributed by atoms with Gasteiger partial charge in [0.1, 0.15) is 23.1 Å². The van der Waals surface area contributed by atoms with E-state index in [1.807, 2.05) is 18.2 Å². The van der Waals surface area contributed by atoms with Crippen molar-refractivity contribution >= 4 is 54.2 Å². The molecule has 0 fully saturated rings. The average Bonchev–Trinajstić information content (AvgIpc) is 3.19. The van der Waals surface area contributed by atoms with Crippen molar-refractivity contribution in [1.29, 1.82) is 0 Å². The molecular formula is C15H8BrN4NaO5S. The van der Waals surface area contributed by atoms with Crippen molar-refractivity contribution in [3.63, 3.8) is 0 Å². The number of benzene rings is 1. The molecule has 0 aliphatic heterocycles. The molecule has 3 heterocycles. The maximum atomic E-state index is 12.6.